The zero-order chi connectivity index (χ0) is 17.9. The van der Waals surface area contributed by atoms with Crippen LogP contribution in [0.1, 0.15) is 0 Å². The van der Waals surface area contributed by atoms with Crippen molar-refractivity contribution in [3.63, 3.8) is 0 Å². The lowest BCUT2D eigenvalue weighted by molar-refractivity contribution is 0.368. The quantitative estimate of drug-likeness (QED) is 0.205. The third-order valence-corrected chi connectivity index (χ3v) is 7.08. The average Bonchev–Trinajstić information content (AvgIpc) is 2.59. The molecule has 0 N–H and O–H groups in total. The lowest BCUT2D eigenvalue weighted by Crippen LogP contribution is -2.10. The zero-order valence-corrected chi connectivity index (χ0v) is 14.5. The molecule has 4 rings (SSSR count). The summed E-state index contributed by atoms with van der Waals surface area (Å²) in [6, 6.07) is 28.4. The van der Waals surface area contributed by atoms with E-state index in [9.17, 15) is 17.3 Å². The zero-order valence-electron chi connectivity index (χ0n) is 12.9. The van der Waals surface area contributed by atoms with Crippen LogP contribution in [0.3, 0.4) is 0 Å². The summed E-state index contributed by atoms with van der Waals surface area (Å²) in [4.78, 5) is 7.06. The first-order valence-corrected chi connectivity index (χ1v) is 9.50. The molecule has 1 heterocycles. The van der Waals surface area contributed by atoms with E-state index in [4.69, 9.17) is 0 Å². The molecule has 0 saturated heterocycles. The van der Waals surface area contributed by atoms with Gasteiger partial charge in [-0.3, -0.25) is 0 Å². The van der Waals surface area contributed by atoms with E-state index in [-0.39, 0.29) is 10.9 Å². The fourth-order valence-electron chi connectivity index (χ4n) is 2.45. The Labute approximate surface area is 150 Å². The first-order chi connectivity index (χ1) is 11.9. The van der Waals surface area contributed by atoms with Crippen LogP contribution in [0.4, 0.5) is 17.3 Å². The third-order valence-electron chi connectivity index (χ3n) is 3.34. The number of hydrogen-bond acceptors (Lipinski definition) is 1. The van der Waals surface area contributed by atoms with E-state index >= 15 is 0 Å². The summed E-state index contributed by atoms with van der Waals surface area (Å²) in [6.45, 7) is 0. The summed E-state index contributed by atoms with van der Waals surface area (Å²) in [5.74, 6) is 0. The fraction of sp³-hybridized carbons (Fsp3) is 0. The maximum Gasteiger partial charge on any atom is 0.673 e. The van der Waals surface area contributed by atoms with Gasteiger partial charge in [0.1, 0.15) is 10.9 Å². The van der Waals surface area contributed by atoms with Gasteiger partial charge in [0.25, 0.3) is 0 Å². The van der Waals surface area contributed by atoms with Crippen molar-refractivity contribution in [3.05, 3.63) is 78.9 Å². The summed E-state index contributed by atoms with van der Waals surface area (Å²) in [5.41, 5.74) is 0. The highest BCUT2D eigenvalue weighted by Gasteiger charge is 2.37. The number of fused-ring (bicyclic) bond motifs is 2. The molecule has 0 saturated carbocycles. The van der Waals surface area contributed by atoms with Gasteiger partial charge in [0.2, 0.25) is 0 Å². The second-order valence-electron chi connectivity index (χ2n) is 5.11. The van der Waals surface area contributed by atoms with Gasteiger partial charge in [0.05, 0.1) is 9.79 Å². The molecule has 0 unspecified atom stereocenters. The predicted molar refractivity (Wildman–Crippen MR) is 95.8 cm³/mol. The van der Waals surface area contributed by atoms with Crippen LogP contribution in [0.25, 0.3) is 0 Å². The molecule has 7 heteroatoms. The van der Waals surface area contributed by atoms with Gasteiger partial charge in [-0.2, -0.15) is 0 Å². The van der Waals surface area contributed by atoms with Crippen LogP contribution < -0.4 is 0 Å². The molecule has 3 aromatic carbocycles. The highest BCUT2D eigenvalue weighted by Crippen LogP contribution is 2.47. The van der Waals surface area contributed by atoms with Crippen molar-refractivity contribution in [1.82, 2.24) is 0 Å². The van der Waals surface area contributed by atoms with Crippen molar-refractivity contribution in [2.75, 3.05) is 0 Å². The molecule has 0 amide bonds. The number of halogens is 4. The number of benzene rings is 3. The predicted octanol–water partition coefficient (Wildman–Crippen LogP) is 6.55. The minimum absolute atomic E-state index is 0.0212. The molecule has 0 aliphatic carbocycles. The van der Waals surface area contributed by atoms with Crippen LogP contribution in [-0.4, -0.2) is 7.25 Å². The van der Waals surface area contributed by atoms with Gasteiger partial charge < -0.3 is 17.3 Å². The number of hydrogen-bond donors (Lipinski definition) is 0. The molecule has 0 fully saturated rings. The average molecular weight is 380 g/mol. The molecular formula is C18H13BF4S2. The molecule has 25 heavy (non-hydrogen) atoms. The molecule has 3 aromatic rings. The Morgan fingerprint density at radius 3 is 1.48 bits per heavy atom. The lowest BCUT2D eigenvalue weighted by Gasteiger charge is -2.18. The van der Waals surface area contributed by atoms with Gasteiger partial charge >= 0.3 is 7.25 Å². The molecule has 1 aliphatic rings. The highest BCUT2D eigenvalue weighted by atomic mass is 32.2. The standard InChI is InChI=1S/C18H13S2.BF4/c1-2-8-14(9-3-1)20-17-12-6-4-10-15(17)19-16-11-5-7-13-18(16)20;2-1(3,4)5/h1-13H;/q+1;-1. The van der Waals surface area contributed by atoms with Gasteiger partial charge in [-0.25, -0.2) is 0 Å². The second-order valence-corrected chi connectivity index (χ2v) is 8.16. The van der Waals surface area contributed by atoms with Gasteiger partial charge in [-0.15, -0.1) is 0 Å². The maximum atomic E-state index is 9.75. The van der Waals surface area contributed by atoms with Crippen LogP contribution in [-0.2, 0) is 10.9 Å². The summed E-state index contributed by atoms with van der Waals surface area (Å²) >= 11 is 1.89. The summed E-state index contributed by atoms with van der Waals surface area (Å²) in [7, 11) is -5.98. The Balaban J connectivity index is 0.000000324. The lowest BCUT2D eigenvalue weighted by atomic mass is 10.3. The molecule has 0 bridgehead atoms. The Kier molecular flexibility index (Phi) is 5.44. The molecule has 0 aromatic heterocycles. The topological polar surface area (TPSA) is 0 Å². The van der Waals surface area contributed by atoms with Crippen LogP contribution in [0.5, 0.6) is 0 Å². The van der Waals surface area contributed by atoms with Crippen molar-refractivity contribution in [3.8, 4) is 0 Å². The first kappa shape index (κ1) is 18.0. The van der Waals surface area contributed by atoms with E-state index in [0.717, 1.165) is 0 Å². The fourth-order valence-corrected chi connectivity index (χ4v) is 6.21. The van der Waals surface area contributed by atoms with Crippen LogP contribution >= 0.6 is 11.8 Å². The molecular weight excluding hydrogens is 367 g/mol. The van der Waals surface area contributed by atoms with Crippen molar-refractivity contribution in [2.24, 2.45) is 0 Å². The van der Waals surface area contributed by atoms with E-state index in [0.29, 0.717) is 0 Å². The Morgan fingerprint density at radius 2 is 1.00 bits per heavy atom. The molecule has 128 valence electrons. The smallest absolute Gasteiger partial charge is 0.418 e. The molecule has 0 spiro atoms. The number of rotatable bonds is 1. The molecule has 0 radical (unpaired) electrons. The van der Waals surface area contributed by atoms with E-state index in [1.165, 1.54) is 24.5 Å². The third kappa shape index (κ3) is 4.61. The van der Waals surface area contributed by atoms with E-state index in [2.05, 4.69) is 78.9 Å². The highest BCUT2D eigenvalue weighted by molar-refractivity contribution is 8.04. The van der Waals surface area contributed by atoms with Gasteiger partial charge in [0, 0.05) is 0 Å². The van der Waals surface area contributed by atoms with Gasteiger partial charge in [0.15, 0.2) is 14.7 Å². The minimum Gasteiger partial charge on any atom is -0.418 e. The Hall–Kier alpha value is -1.86. The normalized spacial score (nSPS) is 13.3. The largest absolute Gasteiger partial charge is 0.673 e. The second kappa shape index (κ2) is 7.58. The van der Waals surface area contributed by atoms with E-state index < -0.39 is 7.25 Å². The van der Waals surface area contributed by atoms with Crippen molar-refractivity contribution >= 4 is 29.9 Å². The molecule has 1 aliphatic heterocycles. The van der Waals surface area contributed by atoms with Gasteiger partial charge in [-0.1, -0.05) is 54.2 Å². The Bertz CT molecular complexity index is 801. The Morgan fingerprint density at radius 1 is 0.600 bits per heavy atom. The summed E-state index contributed by atoms with van der Waals surface area (Å²) in [5, 5.41) is 0. The van der Waals surface area contributed by atoms with Crippen LogP contribution in [0, 0.1) is 0 Å². The minimum atomic E-state index is -6.00. The van der Waals surface area contributed by atoms with E-state index in [1.807, 2.05) is 11.8 Å². The molecule has 0 atom stereocenters. The SMILES string of the molecule is F[B-](F)(F)F.c1ccc([S+]2c3ccccc3Sc3ccccc32)cc1. The maximum absolute atomic E-state index is 9.75. The van der Waals surface area contributed by atoms with E-state index in [1.54, 1.807) is 0 Å². The van der Waals surface area contributed by atoms with Crippen molar-refractivity contribution < 1.29 is 17.3 Å². The van der Waals surface area contributed by atoms with Gasteiger partial charge in [-0.05, 0) is 36.4 Å². The van der Waals surface area contributed by atoms with Crippen molar-refractivity contribution in [2.45, 2.75) is 24.5 Å². The van der Waals surface area contributed by atoms with Crippen molar-refractivity contribution in [1.29, 1.82) is 0 Å². The van der Waals surface area contributed by atoms with Crippen LogP contribution in [0.2, 0.25) is 0 Å². The first-order valence-electron chi connectivity index (χ1n) is 7.46. The monoisotopic (exact) mass is 380 g/mol. The summed E-state index contributed by atoms with van der Waals surface area (Å²) < 4.78 is 39.0. The van der Waals surface area contributed by atoms with Crippen LogP contribution in [0.15, 0.2) is 103 Å². The molecule has 0 nitrogen and oxygen atoms in total. The summed E-state index contributed by atoms with van der Waals surface area (Å²) in [6.07, 6.45) is 0.